The first-order valence-corrected chi connectivity index (χ1v) is 10.4. The first-order valence-electron chi connectivity index (χ1n) is 8.86. The SMILES string of the molecule is NS(=O)(=O)c1ccc(NC(=O)N2CC=C(c3c[nH]c4ccccc34)CC2)cc1. The van der Waals surface area contributed by atoms with Crippen LogP contribution in [0.3, 0.4) is 0 Å². The summed E-state index contributed by atoms with van der Waals surface area (Å²) in [4.78, 5) is 17.5. The second-order valence-corrected chi connectivity index (χ2v) is 8.23. The zero-order valence-electron chi connectivity index (χ0n) is 15.1. The van der Waals surface area contributed by atoms with Crippen LogP contribution in [0.1, 0.15) is 12.0 Å². The predicted molar refractivity (Wildman–Crippen MR) is 109 cm³/mol. The number of sulfonamides is 1. The molecule has 3 aromatic rings. The number of nitrogens with zero attached hydrogens (tertiary/aromatic N) is 1. The number of hydrogen-bond donors (Lipinski definition) is 3. The summed E-state index contributed by atoms with van der Waals surface area (Å²) in [6.07, 6.45) is 4.85. The number of fused-ring (bicyclic) bond motifs is 1. The summed E-state index contributed by atoms with van der Waals surface area (Å²) in [6.45, 7) is 1.11. The van der Waals surface area contributed by atoms with Crippen molar-refractivity contribution in [3.05, 3.63) is 66.4 Å². The van der Waals surface area contributed by atoms with E-state index >= 15 is 0 Å². The maximum absolute atomic E-state index is 12.5. The molecule has 7 nitrogen and oxygen atoms in total. The van der Waals surface area contributed by atoms with Crippen LogP contribution in [0.15, 0.2) is 65.7 Å². The number of urea groups is 1. The van der Waals surface area contributed by atoms with E-state index in [-0.39, 0.29) is 10.9 Å². The number of carbonyl (C=O) groups excluding carboxylic acids is 1. The molecule has 0 radical (unpaired) electrons. The fourth-order valence-electron chi connectivity index (χ4n) is 3.37. The summed E-state index contributed by atoms with van der Waals surface area (Å²) in [5, 5.41) is 9.05. The number of benzene rings is 2. The Balaban J connectivity index is 1.43. The van der Waals surface area contributed by atoms with E-state index in [4.69, 9.17) is 5.14 Å². The number of aromatic nitrogens is 1. The largest absolute Gasteiger partial charge is 0.361 e. The van der Waals surface area contributed by atoms with Crippen LogP contribution >= 0.6 is 0 Å². The molecule has 144 valence electrons. The van der Waals surface area contributed by atoms with Crippen LogP contribution in [0.4, 0.5) is 10.5 Å². The summed E-state index contributed by atoms with van der Waals surface area (Å²) in [7, 11) is -3.75. The van der Waals surface area contributed by atoms with E-state index in [1.54, 1.807) is 4.90 Å². The Morgan fingerprint density at radius 3 is 2.54 bits per heavy atom. The number of aromatic amines is 1. The molecule has 0 saturated heterocycles. The highest BCUT2D eigenvalue weighted by molar-refractivity contribution is 7.89. The maximum atomic E-state index is 12.5. The van der Waals surface area contributed by atoms with Crippen LogP contribution in [-0.4, -0.2) is 37.4 Å². The Kier molecular flexibility index (Phi) is 4.66. The quantitative estimate of drug-likeness (QED) is 0.633. The molecule has 2 aromatic carbocycles. The number of anilines is 1. The van der Waals surface area contributed by atoms with E-state index in [1.807, 2.05) is 24.4 Å². The molecule has 0 spiro atoms. The number of primary sulfonamides is 1. The van der Waals surface area contributed by atoms with Gasteiger partial charge in [0.05, 0.1) is 4.90 Å². The van der Waals surface area contributed by atoms with Gasteiger partial charge in [-0.25, -0.2) is 18.4 Å². The van der Waals surface area contributed by atoms with Gasteiger partial charge in [-0.1, -0.05) is 24.3 Å². The van der Waals surface area contributed by atoms with Crippen LogP contribution < -0.4 is 10.5 Å². The lowest BCUT2D eigenvalue weighted by atomic mass is 9.99. The third kappa shape index (κ3) is 3.64. The van der Waals surface area contributed by atoms with Gasteiger partial charge in [0.15, 0.2) is 0 Å². The molecular weight excluding hydrogens is 376 g/mol. The Labute approximate surface area is 162 Å². The Morgan fingerprint density at radius 1 is 1.11 bits per heavy atom. The number of nitrogens with one attached hydrogen (secondary N) is 2. The molecule has 0 aliphatic carbocycles. The lowest BCUT2D eigenvalue weighted by Crippen LogP contribution is -2.37. The third-order valence-electron chi connectivity index (χ3n) is 4.87. The summed E-state index contributed by atoms with van der Waals surface area (Å²) in [6, 6.07) is 13.7. The predicted octanol–water partition coefficient (Wildman–Crippen LogP) is 3.14. The molecule has 2 amide bonds. The lowest BCUT2D eigenvalue weighted by molar-refractivity contribution is 0.217. The third-order valence-corrected chi connectivity index (χ3v) is 5.79. The highest BCUT2D eigenvalue weighted by Crippen LogP contribution is 2.29. The smallest absolute Gasteiger partial charge is 0.322 e. The molecule has 0 bridgehead atoms. The maximum Gasteiger partial charge on any atom is 0.322 e. The zero-order valence-corrected chi connectivity index (χ0v) is 15.9. The molecule has 0 unspecified atom stereocenters. The van der Waals surface area contributed by atoms with Gasteiger partial charge in [-0.05, 0) is 42.3 Å². The molecule has 4 N–H and O–H groups in total. The molecule has 2 heterocycles. The Bertz CT molecular complexity index is 1160. The highest BCUT2D eigenvalue weighted by Gasteiger charge is 2.19. The van der Waals surface area contributed by atoms with Crippen molar-refractivity contribution in [2.24, 2.45) is 5.14 Å². The molecule has 1 aliphatic heterocycles. The van der Waals surface area contributed by atoms with E-state index in [9.17, 15) is 13.2 Å². The molecule has 1 aliphatic rings. The van der Waals surface area contributed by atoms with Gasteiger partial charge < -0.3 is 15.2 Å². The number of rotatable bonds is 3. The second kappa shape index (κ2) is 7.14. The zero-order chi connectivity index (χ0) is 19.7. The summed E-state index contributed by atoms with van der Waals surface area (Å²) in [5.41, 5.74) is 4.01. The molecule has 0 fully saturated rings. The van der Waals surface area contributed by atoms with Crippen molar-refractivity contribution in [2.75, 3.05) is 18.4 Å². The van der Waals surface area contributed by atoms with Gasteiger partial charge in [0.1, 0.15) is 0 Å². The van der Waals surface area contributed by atoms with Crippen LogP contribution in [0.2, 0.25) is 0 Å². The van der Waals surface area contributed by atoms with Gasteiger partial charge in [-0.15, -0.1) is 0 Å². The Morgan fingerprint density at radius 2 is 1.86 bits per heavy atom. The first kappa shape index (κ1) is 18.3. The van der Waals surface area contributed by atoms with E-state index in [2.05, 4.69) is 22.4 Å². The van der Waals surface area contributed by atoms with Gasteiger partial charge in [0.25, 0.3) is 0 Å². The van der Waals surface area contributed by atoms with Gasteiger partial charge in [-0.2, -0.15) is 0 Å². The van der Waals surface area contributed by atoms with E-state index in [0.29, 0.717) is 18.8 Å². The minimum Gasteiger partial charge on any atom is -0.361 e. The van der Waals surface area contributed by atoms with Crippen molar-refractivity contribution >= 4 is 38.2 Å². The van der Waals surface area contributed by atoms with Crippen LogP contribution in [0.5, 0.6) is 0 Å². The summed E-state index contributed by atoms with van der Waals surface area (Å²) in [5.74, 6) is 0. The van der Waals surface area contributed by atoms with Gasteiger partial charge in [0, 0.05) is 41.4 Å². The molecule has 0 atom stereocenters. The Hall–Kier alpha value is -3.10. The molecule has 28 heavy (non-hydrogen) atoms. The van der Waals surface area contributed by atoms with Gasteiger partial charge in [0.2, 0.25) is 10.0 Å². The summed E-state index contributed by atoms with van der Waals surface area (Å²) >= 11 is 0. The van der Waals surface area contributed by atoms with Gasteiger partial charge >= 0.3 is 6.03 Å². The van der Waals surface area contributed by atoms with Crippen molar-refractivity contribution in [1.29, 1.82) is 0 Å². The number of amides is 2. The van der Waals surface area contributed by atoms with Crippen LogP contribution in [0, 0.1) is 0 Å². The van der Waals surface area contributed by atoms with Gasteiger partial charge in [-0.3, -0.25) is 0 Å². The normalized spacial score (nSPS) is 14.8. The lowest BCUT2D eigenvalue weighted by Gasteiger charge is -2.26. The number of hydrogen-bond acceptors (Lipinski definition) is 3. The molecule has 0 saturated carbocycles. The van der Waals surface area contributed by atoms with Crippen molar-refractivity contribution in [2.45, 2.75) is 11.3 Å². The minimum absolute atomic E-state index is 0.00905. The summed E-state index contributed by atoms with van der Waals surface area (Å²) < 4.78 is 22.6. The number of para-hydroxylation sites is 1. The molecule has 4 rings (SSSR count). The van der Waals surface area contributed by atoms with Crippen molar-refractivity contribution in [3.63, 3.8) is 0 Å². The van der Waals surface area contributed by atoms with E-state index < -0.39 is 10.0 Å². The van der Waals surface area contributed by atoms with Crippen molar-refractivity contribution in [3.8, 4) is 0 Å². The average molecular weight is 396 g/mol. The minimum atomic E-state index is -3.75. The molecule has 1 aromatic heterocycles. The topological polar surface area (TPSA) is 108 Å². The molecule has 8 heteroatoms. The van der Waals surface area contributed by atoms with Crippen molar-refractivity contribution in [1.82, 2.24) is 9.88 Å². The second-order valence-electron chi connectivity index (χ2n) is 6.67. The van der Waals surface area contributed by atoms with Crippen molar-refractivity contribution < 1.29 is 13.2 Å². The molecular formula is C20H20N4O3S. The van der Waals surface area contributed by atoms with E-state index in [0.717, 1.165) is 11.9 Å². The highest BCUT2D eigenvalue weighted by atomic mass is 32.2. The number of H-pyrrole nitrogens is 1. The number of carbonyl (C=O) groups is 1. The number of nitrogens with two attached hydrogens (primary N) is 1. The fraction of sp³-hybridized carbons (Fsp3) is 0.150. The fourth-order valence-corrected chi connectivity index (χ4v) is 3.88. The van der Waals surface area contributed by atoms with E-state index in [1.165, 1.54) is 40.8 Å². The standard InChI is InChI=1S/C20H20N4O3S/c21-28(26,27)16-7-5-15(6-8-16)23-20(25)24-11-9-14(10-12-24)18-13-22-19-4-2-1-3-17(18)19/h1-9,13,22H,10-12H2,(H,23,25)(H2,21,26,27). The van der Waals surface area contributed by atoms with Crippen LogP contribution in [0.25, 0.3) is 16.5 Å². The average Bonchev–Trinajstić information content (AvgIpc) is 3.12. The van der Waals surface area contributed by atoms with Crippen LogP contribution in [-0.2, 0) is 10.0 Å². The first-order chi connectivity index (χ1) is 13.4. The monoisotopic (exact) mass is 396 g/mol.